The number of aromatic nitrogens is 3. The van der Waals surface area contributed by atoms with Gasteiger partial charge in [-0.15, -0.1) is 0 Å². The Balaban J connectivity index is 1.59. The summed E-state index contributed by atoms with van der Waals surface area (Å²) in [5, 5.41) is 7.18. The van der Waals surface area contributed by atoms with Crippen LogP contribution in [0.3, 0.4) is 0 Å². The summed E-state index contributed by atoms with van der Waals surface area (Å²) in [6.45, 7) is 3.81. The van der Waals surface area contributed by atoms with Gasteiger partial charge in [0.2, 0.25) is 5.95 Å². The predicted molar refractivity (Wildman–Crippen MR) is 109 cm³/mol. The first-order valence-electron chi connectivity index (χ1n) is 9.02. The lowest BCUT2D eigenvalue weighted by Gasteiger charge is -2.10. The van der Waals surface area contributed by atoms with Crippen molar-refractivity contribution < 1.29 is 13.7 Å². The Morgan fingerprint density at radius 1 is 1.03 bits per heavy atom. The number of ether oxygens (including phenoxy) is 1. The second-order valence-corrected chi connectivity index (χ2v) is 6.51. The highest BCUT2D eigenvalue weighted by Gasteiger charge is 2.12. The standard InChI is InChI=1S/C22H19FN4O2/c1-13-21(14(2)29-27-13)15-4-7-17(8-5-15)25-22-24-11-10-19(26-22)18-9-6-16(23)12-20(18)28-3/h4-12H,1-3H3,(H,24,25,26). The van der Waals surface area contributed by atoms with Crippen LogP contribution >= 0.6 is 0 Å². The highest BCUT2D eigenvalue weighted by Crippen LogP contribution is 2.31. The fourth-order valence-corrected chi connectivity index (χ4v) is 3.19. The van der Waals surface area contributed by atoms with Gasteiger partial charge in [-0.05, 0) is 49.7 Å². The number of hydrogen-bond acceptors (Lipinski definition) is 6. The van der Waals surface area contributed by atoms with E-state index in [1.165, 1.54) is 19.2 Å². The zero-order valence-electron chi connectivity index (χ0n) is 16.2. The second kappa shape index (κ2) is 7.71. The van der Waals surface area contributed by atoms with E-state index in [0.29, 0.717) is 23.0 Å². The van der Waals surface area contributed by atoms with Crippen LogP contribution in [0.15, 0.2) is 59.3 Å². The van der Waals surface area contributed by atoms with Crippen LogP contribution < -0.4 is 10.1 Å². The molecule has 0 aliphatic heterocycles. The minimum atomic E-state index is -0.364. The number of halogens is 1. The molecule has 0 atom stereocenters. The lowest BCUT2D eigenvalue weighted by atomic mass is 10.0. The molecule has 4 rings (SSSR count). The maximum Gasteiger partial charge on any atom is 0.227 e. The Kier molecular flexibility index (Phi) is 4.95. The SMILES string of the molecule is COc1cc(F)ccc1-c1ccnc(Nc2ccc(-c3c(C)noc3C)cc2)n1. The molecule has 0 aliphatic rings. The van der Waals surface area contributed by atoms with Crippen molar-refractivity contribution in [1.82, 2.24) is 15.1 Å². The number of aryl methyl sites for hydroxylation is 2. The summed E-state index contributed by atoms with van der Waals surface area (Å²) in [6, 6.07) is 14.0. The number of hydrogen-bond donors (Lipinski definition) is 1. The summed E-state index contributed by atoms with van der Waals surface area (Å²) in [4.78, 5) is 8.80. The summed E-state index contributed by atoms with van der Waals surface area (Å²) in [6.07, 6.45) is 1.64. The van der Waals surface area contributed by atoms with Crippen LogP contribution in [0.4, 0.5) is 16.0 Å². The Labute approximate surface area is 167 Å². The molecule has 29 heavy (non-hydrogen) atoms. The van der Waals surface area contributed by atoms with Gasteiger partial charge < -0.3 is 14.6 Å². The molecular weight excluding hydrogens is 371 g/mol. The van der Waals surface area contributed by atoms with Crippen molar-refractivity contribution in [3.05, 3.63) is 72.0 Å². The van der Waals surface area contributed by atoms with Crippen LogP contribution in [0.2, 0.25) is 0 Å². The monoisotopic (exact) mass is 390 g/mol. The third-order valence-corrected chi connectivity index (χ3v) is 4.56. The minimum Gasteiger partial charge on any atom is -0.496 e. The topological polar surface area (TPSA) is 73.1 Å². The van der Waals surface area contributed by atoms with E-state index in [4.69, 9.17) is 9.26 Å². The van der Waals surface area contributed by atoms with Gasteiger partial charge in [0.15, 0.2) is 0 Å². The van der Waals surface area contributed by atoms with Crippen molar-refractivity contribution in [1.29, 1.82) is 0 Å². The average molecular weight is 390 g/mol. The molecule has 0 amide bonds. The normalized spacial score (nSPS) is 10.8. The van der Waals surface area contributed by atoms with E-state index in [0.717, 1.165) is 28.3 Å². The van der Waals surface area contributed by atoms with Crippen molar-refractivity contribution in [2.75, 3.05) is 12.4 Å². The molecule has 146 valence electrons. The molecule has 0 fully saturated rings. The van der Waals surface area contributed by atoms with E-state index >= 15 is 0 Å². The summed E-state index contributed by atoms with van der Waals surface area (Å²) >= 11 is 0. The zero-order chi connectivity index (χ0) is 20.4. The van der Waals surface area contributed by atoms with Crippen molar-refractivity contribution in [3.63, 3.8) is 0 Å². The number of methoxy groups -OCH3 is 1. The van der Waals surface area contributed by atoms with Gasteiger partial charge in [-0.25, -0.2) is 14.4 Å². The van der Waals surface area contributed by atoms with Crippen LogP contribution in [0.25, 0.3) is 22.4 Å². The molecule has 2 aromatic heterocycles. The highest BCUT2D eigenvalue weighted by atomic mass is 19.1. The molecular formula is C22H19FN4O2. The molecule has 0 spiro atoms. The Bertz CT molecular complexity index is 1140. The molecule has 1 N–H and O–H groups in total. The third-order valence-electron chi connectivity index (χ3n) is 4.56. The van der Waals surface area contributed by atoms with Gasteiger partial charge in [-0.2, -0.15) is 0 Å². The molecule has 0 radical (unpaired) electrons. The first kappa shape index (κ1) is 18.6. The molecule has 6 nitrogen and oxygen atoms in total. The van der Waals surface area contributed by atoms with Crippen molar-refractivity contribution >= 4 is 11.6 Å². The van der Waals surface area contributed by atoms with Crippen LogP contribution in [0.1, 0.15) is 11.5 Å². The molecule has 0 saturated carbocycles. The summed E-state index contributed by atoms with van der Waals surface area (Å²) in [5.74, 6) is 1.27. The van der Waals surface area contributed by atoms with Crippen molar-refractivity contribution in [2.24, 2.45) is 0 Å². The van der Waals surface area contributed by atoms with Gasteiger partial charge in [-0.1, -0.05) is 17.3 Å². The third kappa shape index (κ3) is 3.80. The average Bonchev–Trinajstić information content (AvgIpc) is 3.07. The van der Waals surface area contributed by atoms with E-state index in [2.05, 4.69) is 20.4 Å². The van der Waals surface area contributed by atoms with Gasteiger partial charge in [0, 0.05) is 29.1 Å². The summed E-state index contributed by atoms with van der Waals surface area (Å²) in [5.41, 5.74) is 5.03. The molecule has 0 unspecified atom stereocenters. The van der Waals surface area contributed by atoms with Gasteiger partial charge in [-0.3, -0.25) is 0 Å². The van der Waals surface area contributed by atoms with Crippen LogP contribution in [-0.2, 0) is 0 Å². The molecule has 2 aromatic carbocycles. The van der Waals surface area contributed by atoms with Crippen molar-refractivity contribution in [3.8, 4) is 28.1 Å². The highest BCUT2D eigenvalue weighted by molar-refractivity contribution is 5.71. The fraction of sp³-hybridized carbons (Fsp3) is 0.136. The molecule has 4 aromatic rings. The van der Waals surface area contributed by atoms with Gasteiger partial charge in [0.25, 0.3) is 0 Å². The minimum absolute atomic E-state index is 0.364. The van der Waals surface area contributed by atoms with Gasteiger partial charge >= 0.3 is 0 Å². The number of nitrogens with one attached hydrogen (secondary N) is 1. The molecule has 7 heteroatoms. The number of rotatable bonds is 5. The second-order valence-electron chi connectivity index (χ2n) is 6.51. The predicted octanol–water partition coefficient (Wildman–Crippen LogP) is 5.31. The molecule has 0 bridgehead atoms. The van der Waals surface area contributed by atoms with Crippen LogP contribution in [0, 0.1) is 19.7 Å². The molecule has 0 aliphatic carbocycles. The fourth-order valence-electron chi connectivity index (χ4n) is 3.19. The first-order chi connectivity index (χ1) is 14.0. The summed E-state index contributed by atoms with van der Waals surface area (Å²) < 4.78 is 24.0. The van der Waals surface area contributed by atoms with E-state index in [1.54, 1.807) is 18.3 Å². The van der Waals surface area contributed by atoms with Crippen LogP contribution in [0.5, 0.6) is 5.75 Å². The van der Waals surface area contributed by atoms with E-state index in [9.17, 15) is 4.39 Å². The van der Waals surface area contributed by atoms with Crippen molar-refractivity contribution in [2.45, 2.75) is 13.8 Å². The largest absolute Gasteiger partial charge is 0.496 e. The summed E-state index contributed by atoms with van der Waals surface area (Å²) in [7, 11) is 1.50. The number of nitrogens with zero attached hydrogens (tertiary/aromatic N) is 3. The maximum atomic E-state index is 13.5. The Morgan fingerprint density at radius 3 is 2.52 bits per heavy atom. The molecule has 0 saturated heterocycles. The van der Waals surface area contributed by atoms with Gasteiger partial charge in [0.05, 0.1) is 18.5 Å². The quantitative estimate of drug-likeness (QED) is 0.498. The maximum absolute atomic E-state index is 13.5. The Hall–Kier alpha value is -3.74. The Morgan fingerprint density at radius 2 is 1.83 bits per heavy atom. The van der Waals surface area contributed by atoms with Gasteiger partial charge in [0.1, 0.15) is 17.3 Å². The first-order valence-corrected chi connectivity index (χ1v) is 9.02. The lowest BCUT2D eigenvalue weighted by molar-refractivity contribution is 0.393. The van der Waals surface area contributed by atoms with E-state index in [1.807, 2.05) is 38.1 Å². The van der Waals surface area contributed by atoms with E-state index < -0.39 is 0 Å². The lowest BCUT2D eigenvalue weighted by Crippen LogP contribution is -1.99. The zero-order valence-corrected chi connectivity index (χ0v) is 16.2. The smallest absolute Gasteiger partial charge is 0.227 e. The number of anilines is 2. The van der Waals surface area contributed by atoms with Crippen LogP contribution in [-0.4, -0.2) is 22.2 Å². The number of benzene rings is 2. The molecule has 2 heterocycles. The van der Waals surface area contributed by atoms with E-state index in [-0.39, 0.29) is 5.82 Å².